The number of hydrogen-bond donors (Lipinski definition) is 3. The molecule has 2 heterocycles. The second-order valence-corrected chi connectivity index (χ2v) is 10.1. The summed E-state index contributed by atoms with van der Waals surface area (Å²) in [6.45, 7) is 5.35. The van der Waals surface area contributed by atoms with E-state index < -0.39 is 36.2 Å². The normalized spacial score (nSPS) is 29.3. The van der Waals surface area contributed by atoms with Gasteiger partial charge in [-0.25, -0.2) is 0 Å². The maximum atomic E-state index is 11.3. The monoisotopic (exact) mass is 530 g/mol. The average molecular weight is 531 g/mol. The van der Waals surface area contributed by atoms with E-state index in [4.69, 9.17) is 23.7 Å². The predicted molar refractivity (Wildman–Crippen MR) is 137 cm³/mol. The van der Waals surface area contributed by atoms with E-state index in [1.165, 1.54) is 19.4 Å². The van der Waals surface area contributed by atoms with Crippen LogP contribution in [-0.2, 0) is 43.2 Å². The molecule has 208 valence electrons. The second kappa shape index (κ2) is 12.5. The Bertz CT molecular complexity index is 1060. The Morgan fingerprint density at radius 1 is 1.11 bits per heavy atom. The highest BCUT2D eigenvalue weighted by atomic mass is 16.7. The van der Waals surface area contributed by atoms with Gasteiger partial charge in [-0.1, -0.05) is 43.3 Å². The first-order valence-electron chi connectivity index (χ1n) is 13.1. The van der Waals surface area contributed by atoms with Gasteiger partial charge in [0.15, 0.2) is 6.29 Å². The fourth-order valence-corrected chi connectivity index (χ4v) is 4.61. The lowest BCUT2D eigenvalue weighted by Gasteiger charge is -2.46. The van der Waals surface area contributed by atoms with E-state index in [9.17, 15) is 20.1 Å². The maximum Gasteiger partial charge on any atom is 0.302 e. The van der Waals surface area contributed by atoms with Crippen molar-refractivity contribution >= 4 is 5.97 Å². The van der Waals surface area contributed by atoms with Crippen LogP contribution in [-0.4, -0.2) is 71.0 Å². The molecule has 0 radical (unpaired) electrons. The lowest BCUT2D eigenvalue weighted by atomic mass is 9.86. The number of benzene rings is 2. The number of aliphatic hydroxyl groups is 3. The van der Waals surface area contributed by atoms with Crippen LogP contribution in [0.3, 0.4) is 0 Å². The fourth-order valence-electron chi connectivity index (χ4n) is 4.61. The largest absolute Gasteiger partial charge is 0.463 e. The van der Waals surface area contributed by atoms with Gasteiger partial charge in [-0.05, 0) is 48.1 Å². The SMILES string of the molecule is CCc1ccc(Cc2ccc(COC3CCCO3)cc2O[C@@H]2O[C@H](COC(C)=O)[C@@](C)(O)[C@H](O)[C@H]2O)cc1. The van der Waals surface area contributed by atoms with Gasteiger partial charge in [0.25, 0.3) is 0 Å². The first-order chi connectivity index (χ1) is 18.2. The highest BCUT2D eigenvalue weighted by Gasteiger charge is 2.53. The van der Waals surface area contributed by atoms with Crippen molar-refractivity contribution in [1.29, 1.82) is 0 Å². The van der Waals surface area contributed by atoms with Crippen LogP contribution in [0.5, 0.6) is 5.75 Å². The van der Waals surface area contributed by atoms with Crippen LogP contribution >= 0.6 is 0 Å². The highest BCUT2D eigenvalue weighted by Crippen LogP contribution is 2.33. The molecule has 0 bridgehead atoms. The Labute approximate surface area is 223 Å². The first kappa shape index (κ1) is 28.5. The van der Waals surface area contributed by atoms with Crippen LogP contribution in [0.25, 0.3) is 0 Å². The van der Waals surface area contributed by atoms with Gasteiger partial charge >= 0.3 is 5.97 Å². The van der Waals surface area contributed by atoms with Crippen LogP contribution in [0.4, 0.5) is 0 Å². The minimum Gasteiger partial charge on any atom is -0.463 e. The van der Waals surface area contributed by atoms with Crippen molar-refractivity contribution in [3.8, 4) is 5.75 Å². The van der Waals surface area contributed by atoms with Crippen molar-refractivity contribution in [2.45, 2.75) is 89.6 Å². The van der Waals surface area contributed by atoms with Crippen molar-refractivity contribution < 1.29 is 43.8 Å². The molecule has 2 aromatic carbocycles. The Morgan fingerprint density at radius 3 is 2.47 bits per heavy atom. The zero-order valence-electron chi connectivity index (χ0n) is 22.2. The molecule has 38 heavy (non-hydrogen) atoms. The Hall–Kier alpha value is -2.53. The number of carbonyl (C=O) groups is 1. The van der Waals surface area contributed by atoms with Crippen LogP contribution in [0.1, 0.15) is 55.9 Å². The number of rotatable bonds is 10. The summed E-state index contributed by atoms with van der Waals surface area (Å²) in [5, 5.41) is 32.2. The molecule has 9 nitrogen and oxygen atoms in total. The van der Waals surface area contributed by atoms with Gasteiger partial charge in [0.2, 0.25) is 6.29 Å². The quantitative estimate of drug-likeness (QED) is 0.398. The third-order valence-electron chi connectivity index (χ3n) is 7.11. The minimum absolute atomic E-state index is 0.237. The molecule has 0 saturated carbocycles. The summed E-state index contributed by atoms with van der Waals surface area (Å²) >= 11 is 0. The van der Waals surface area contributed by atoms with Crippen molar-refractivity contribution in [2.75, 3.05) is 13.2 Å². The van der Waals surface area contributed by atoms with E-state index >= 15 is 0 Å². The van der Waals surface area contributed by atoms with Crippen LogP contribution in [0, 0.1) is 0 Å². The van der Waals surface area contributed by atoms with Gasteiger partial charge in [0.05, 0.1) is 6.61 Å². The molecule has 2 saturated heterocycles. The van der Waals surface area contributed by atoms with E-state index in [-0.39, 0.29) is 12.9 Å². The molecule has 3 N–H and O–H groups in total. The third kappa shape index (κ3) is 6.91. The summed E-state index contributed by atoms with van der Waals surface area (Å²) in [7, 11) is 0. The van der Waals surface area contributed by atoms with E-state index in [1.807, 2.05) is 18.2 Å². The summed E-state index contributed by atoms with van der Waals surface area (Å²) in [6, 6.07) is 14.0. The predicted octanol–water partition coefficient (Wildman–Crippen LogP) is 2.63. The first-order valence-corrected chi connectivity index (χ1v) is 13.1. The molecule has 0 aromatic heterocycles. The second-order valence-electron chi connectivity index (χ2n) is 10.1. The molecule has 2 fully saturated rings. The molecule has 0 aliphatic carbocycles. The Kier molecular flexibility index (Phi) is 9.40. The summed E-state index contributed by atoms with van der Waals surface area (Å²) in [4.78, 5) is 11.3. The molecule has 4 rings (SSSR count). The van der Waals surface area contributed by atoms with Crippen molar-refractivity contribution in [1.82, 2.24) is 0 Å². The third-order valence-corrected chi connectivity index (χ3v) is 7.11. The summed E-state index contributed by atoms with van der Waals surface area (Å²) in [6.07, 6.45) is -2.51. The van der Waals surface area contributed by atoms with Gasteiger partial charge in [-0.15, -0.1) is 0 Å². The minimum atomic E-state index is -1.87. The number of carbonyl (C=O) groups excluding carboxylic acids is 1. The zero-order chi connectivity index (χ0) is 27.3. The molecule has 2 aliphatic rings. The molecular weight excluding hydrogens is 492 g/mol. The molecule has 2 aliphatic heterocycles. The van der Waals surface area contributed by atoms with Gasteiger partial charge in [-0.3, -0.25) is 4.79 Å². The number of aliphatic hydroxyl groups excluding tert-OH is 2. The number of esters is 1. The average Bonchev–Trinajstić information content (AvgIpc) is 3.42. The van der Waals surface area contributed by atoms with E-state index in [2.05, 4.69) is 31.2 Å². The molecule has 0 spiro atoms. The van der Waals surface area contributed by atoms with Crippen LogP contribution in [0.15, 0.2) is 42.5 Å². The topological polar surface area (TPSA) is 124 Å². The standard InChI is InChI=1S/C29H38O9/c1-4-19-7-9-20(10-8-19)14-22-12-11-21(16-36-25-6-5-13-34-25)15-23(22)37-28-26(31)27(32)29(3,33)24(38-28)17-35-18(2)30/h7-12,15,24-28,31-33H,4-6,13-14,16-17H2,1-3H3/t24-,25?,26-,27-,28-,29-/m1/s1. The van der Waals surface area contributed by atoms with E-state index in [0.717, 1.165) is 36.0 Å². The summed E-state index contributed by atoms with van der Waals surface area (Å²) in [5.41, 5.74) is 2.14. The number of hydrogen-bond acceptors (Lipinski definition) is 9. The Morgan fingerprint density at radius 2 is 1.82 bits per heavy atom. The molecule has 1 unspecified atom stereocenters. The lowest BCUT2D eigenvalue weighted by molar-refractivity contribution is -0.309. The summed E-state index contributed by atoms with van der Waals surface area (Å²) in [5.74, 6) is -0.111. The van der Waals surface area contributed by atoms with Crippen molar-refractivity contribution in [3.63, 3.8) is 0 Å². The summed E-state index contributed by atoms with van der Waals surface area (Å²) < 4.78 is 28.4. The molecule has 6 atom stereocenters. The molecule has 9 heteroatoms. The van der Waals surface area contributed by atoms with Gasteiger partial charge < -0.3 is 39.0 Å². The highest BCUT2D eigenvalue weighted by molar-refractivity contribution is 5.65. The van der Waals surface area contributed by atoms with Crippen LogP contribution in [0.2, 0.25) is 0 Å². The van der Waals surface area contributed by atoms with Crippen LogP contribution < -0.4 is 4.74 Å². The number of aryl methyl sites for hydroxylation is 1. The molecular formula is C29H38O9. The molecule has 2 aromatic rings. The van der Waals surface area contributed by atoms with Crippen molar-refractivity contribution in [2.24, 2.45) is 0 Å². The van der Waals surface area contributed by atoms with E-state index in [1.54, 1.807) is 0 Å². The van der Waals surface area contributed by atoms with Gasteiger partial charge in [0, 0.05) is 26.4 Å². The Balaban J connectivity index is 1.57. The fraction of sp³-hybridized carbons (Fsp3) is 0.552. The smallest absolute Gasteiger partial charge is 0.302 e. The number of ether oxygens (including phenoxy) is 5. The zero-order valence-corrected chi connectivity index (χ0v) is 22.2. The maximum absolute atomic E-state index is 11.3. The molecule has 0 amide bonds. The van der Waals surface area contributed by atoms with Crippen molar-refractivity contribution in [3.05, 3.63) is 64.7 Å². The van der Waals surface area contributed by atoms with E-state index in [0.29, 0.717) is 25.4 Å². The lowest BCUT2D eigenvalue weighted by Crippen LogP contribution is -2.66. The van der Waals surface area contributed by atoms with Gasteiger partial charge in [0.1, 0.15) is 36.3 Å². The van der Waals surface area contributed by atoms with Gasteiger partial charge in [-0.2, -0.15) is 0 Å².